The van der Waals surface area contributed by atoms with E-state index in [0.29, 0.717) is 12.0 Å². The van der Waals surface area contributed by atoms with Crippen LogP contribution in [0, 0.1) is 0 Å². The smallest absolute Gasteiger partial charge is 0.0326 e. The van der Waals surface area contributed by atoms with Gasteiger partial charge in [-0.15, -0.1) is 0 Å². The van der Waals surface area contributed by atoms with Crippen LogP contribution in [0.4, 0.5) is 0 Å². The first-order chi connectivity index (χ1) is 9.34. The second-order valence-corrected chi connectivity index (χ2v) is 5.51. The third-order valence-corrected chi connectivity index (χ3v) is 4.17. The van der Waals surface area contributed by atoms with Crippen molar-refractivity contribution in [2.45, 2.75) is 31.7 Å². The van der Waals surface area contributed by atoms with Crippen molar-refractivity contribution in [1.29, 1.82) is 0 Å². The van der Waals surface area contributed by atoms with Gasteiger partial charge in [0.1, 0.15) is 0 Å². The van der Waals surface area contributed by atoms with Gasteiger partial charge in [-0.05, 0) is 35.4 Å². The fourth-order valence-corrected chi connectivity index (χ4v) is 2.99. The number of nitrogens with one attached hydrogen (secondary N) is 1. The van der Waals surface area contributed by atoms with Crippen molar-refractivity contribution >= 4 is 0 Å². The van der Waals surface area contributed by atoms with Gasteiger partial charge < -0.3 is 5.32 Å². The summed E-state index contributed by atoms with van der Waals surface area (Å²) in [5.41, 5.74) is 4.44. The number of benzene rings is 2. The Hall–Kier alpha value is -1.60. The van der Waals surface area contributed by atoms with Crippen LogP contribution in [0.5, 0.6) is 0 Å². The van der Waals surface area contributed by atoms with E-state index in [0.717, 1.165) is 6.54 Å². The average molecular weight is 251 g/mol. The Morgan fingerprint density at radius 3 is 2.63 bits per heavy atom. The summed E-state index contributed by atoms with van der Waals surface area (Å²) in [6.07, 6.45) is 2.45. The van der Waals surface area contributed by atoms with Crippen molar-refractivity contribution in [3.63, 3.8) is 0 Å². The highest BCUT2D eigenvalue weighted by atomic mass is 14.9. The SMILES string of the molecule is CC(CNC1CCc2ccccc21)c1ccccc1. The van der Waals surface area contributed by atoms with Gasteiger partial charge in [0.15, 0.2) is 0 Å². The minimum atomic E-state index is 0.544. The molecule has 0 heterocycles. The molecule has 1 nitrogen and oxygen atoms in total. The maximum absolute atomic E-state index is 3.74. The largest absolute Gasteiger partial charge is 0.309 e. The molecule has 1 aliphatic rings. The lowest BCUT2D eigenvalue weighted by atomic mass is 10.0. The van der Waals surface area contributed by atoms with Crippen molar-refractivity contribution in [2.24, 2.45) is 0 Å². The van der Waals surface area contributed by atoms with Crippen LogP contribution in [0.25, 0.3) is 0 Å². The summed E-state index contributed by atoms with van der Waals surface area (Å²) in [7, 11) is 0. The minimum absolute atomic E-state index is 0.544. The fraction of sp³-hybridized carbons (Fsp3) is 0.333. The lowest BCUT2D eigenvalue weighted by Crippen LogP contribution is -2.24. The summed E-state index contributed by atoms with van der Waals surface area (Å²) in [4.78, 5) is 0. The molecule has 0 amide bonds. The number of fused-ring (bicyclic) bond motifs is 1. The Kier molecular flexibility index (Phi) is 3.65. The summed E-state index contributed by atoms with van der Waals surface area (Å²) in [6, 6.07) is 20.1. The van der Waals surface area contributed by atoms with Gasteiger partial charge in [0, 0.05) is 12.6 Å². The molecule has 1 aliphatic carbocycles. The van der Waals surface area contributed by atoms with Crippen LogP contribution in [0.2, 0.25) is 0 Å². The summed E-state index contributed by atoms with van der Waals surface area (Å²) in [5, 5.41) is 3.74. The molecule has 0 spiro atoms. The molecular weight excluding hydrogens is 230 g/mol. The molecule has 1 N–H and O–H groups in total. The molecule has 19 heavy (non-hydrogen) atoms. The van der Waals surface area contributed by atoms with Gasteiger partial charge in [0.25, 0.3) is 0 Å². The lowest BCUT2D eigenvalue weighted by Gasteiger charge is -2.18. The zero-order chi connectivity index (χ0) is 13.1. The number of rotatable bonds is 4. The molecule has 2 aromatic carbocycles. The van der Waals surface area contributed by atoms with Gasteiger partial charge in [-0.2, -0.15) is 0 Å². The van der Waals surface area contributed by atoms with E-state index in [4.69, 9.17) is 0 Å². The number of hydrogen-bond acceptors (Lipinski definition) is 1. The van der Waals surface area contributed by atoms with Gasteiger partial charge in [0.05, 0.1) is 0 Å². The average Bonchev–Trinajstić information content (AvgIpc) is 2.89. The Balaban J connectivity index is 1.62. The van der Waals surface area contributed by atoms with E-state index in [9.17, 15) is 0 Å². The Labute approximate surface area is 115 Å². The molecule has 98 valence electrons. The summed E-state index contributed by atoms with van der Waals surface area (Å²) in [6.45, 7) is 3.34. The van der Waals surface area contributed by atoms with E-state index in [2.05, 4.69) is 66.8 Å². The van der Waals surface area contributed by atoms with E-state index in [1.807, 2.05) is 0 Å². The van der Waals surface area contributed by atoms with Crippen molar-refractivity contribution in [3.05, 3.63) is 71.3 Å². The highest BCUT2D eigenvalue weighted by Crippen LogP contribution is 2.31. The van der Waals surface area contributed by atoms with Crippen LogP contribution in [0.3, 0.4) is 0 Å². The van der Waals surface area contributed by atoms with Crippen molar-refractivity contribution in [3.8, 4) is 0 Å². The molecular formula is C18H21N. The monoisotopic (exact) mass is 251 g/mol. The topological polar surface area (TPSA) is 12.0 Å². The molecule has 0 bridgehead atoms. The van der Waals surface area contributed by atoms with Crippen molar-refractivity contribution in [1.82, 2.24) is 5.32 Å². The molecule has 0 radical (unpaired) electrons. The highest BCUT2D eigenvalue weighted by Gasteiger charge is 2.21. The van der Waals surface area contributed by atoms with Crippen molar-refractivity contribution < 1.29 is 0 Å². The summed E-state index contributed by atoms with van der Waals surface area (Å²) < 4.78 is 0. The molecule has 1 heteroatoms. The van der Waals surface area contributed by atoms with E-state index >= 15 is 0 Å². The van der Waals surface area contributed by atoms with Gasteiger partial charge in [-0.3, -0.25) is 0 Å². The van der Waals surface area contributed by atoms with Crippen LogP contribution in [0.15, 0.2) is 54.6 Å². The van der Waals surface area contributed by atoms with Gasteiger partial charge >= 0.3 is 0 Å². The van der Waals surface area contributed by atoms with Gasteiger partial charge in [0.2, 0.25) is 0 Å². The molecule has 0 fully saturated rings. The molecule has 2 atom stereocenters. The fourth-order valence-electron chi connectivity index (χ4n) is 2.99. The quantitative estimate of drug-likeness (QED) is 0.863. The molecule has 0 saturated carbocycles. The first kappa shape index (κ1) is 12.4. The number of hydrogen-bond donors (Lipinski definition) is 1. The Morgan fingerprint density at radius 2 is 1.79 bits per heavy atom. The standard InChI is InChI=1S/C18H21N/c1-14(15-7-3-2-4-8-15)13-19-18-12-11-16-9-5-6-10-17(16)18/h2-10,14,18-19H,11-13H2,1H3. The zero-order valence-electron chi connectivity index (χ0n) is 11.5. The normalized spacial score (nSPS) is 19.1. The predicted octanol–water partition coefficient (Wildman–Crippen LogP) is 4.07. The van der Waals surface area contributed by atoms with E-state index in [-0.39, 0.29) is 0 Å². The lowest BCUT2D eigenvalue weighted by molar-refractivity contribution is 0.504. The first-order valence-corrected chi connectivity index (χ1v) is 7.21. The van der Waals surface area contributed by atoms with E-state index in [1.54, 1.807) is 0 Å². The Morgan fingerprint density at radius 1 is 1.05 bits per heavy atom. The minimum Gasteiger partial charge on any atom is -0.309 e. The van der Waals surface area contributed by atoms with E-state index in [1.165, 1.54) is 29.5 Å². The number of aryl methyl sites for hydroxylation is 1. The van der Waals surface area contributed by atoms with Crippen LogP contribution < -0.4 is 5.32 Å². The van der Waals surface area contributed by atoms with Gasteiger partial charge in [-0.1, -0.05) is 61.5 Å². The first-order valence-electron chi connectivity index (χ1n) is 7.21. The van der Waals surface area contributed by atoms with Crippen LogP contribution >= 0.6 is 0 Å². The van der Waals surface area contributed by atoms with Crippen LogP contribution in [-0.4, -0.2) is 6.54 Å². The molecule has 0 saturated heterocycles. The predicted molar refractivity (Wildman–Crippen MR) is 80.4 cm³/mol. The summed E-state index contributed by atoms with van der Waals surface area (Å²) >= 11 is 0. The highest BCUT2D eigenvalue weighted by molar-refractivity contribution is 5.34. The molecule has 3 rings (SSSR count). The molecule has 2 unspecified atom stereocenters. The van der Waals surface area contributed by atoms with Crippen LogP contribution in [-0.2, 0) is 6.42 Å². The zero-order valence-corrected chi connectivity index (χ0v) is 11.5. The van der Waals surface area contributed by atoms with Crippen LogP contribution in [0.1, 0.15) is 42.0 Å². The second-order valence-electron chi connectivity index (χ2n) is 5.51. The summed E-state index contributed by atoms with van der Waals surface area (Å²) in [5.74, 6) is 0.564. The third kappa shape index (κ3) is 2.71. The molecule has 0 aromatic heterocycles. The second kappa shape index (κ2) is 5.58. The maximum Gasteiger partial charge on any atom is 0.0326 e. The van der Waals surface area contributed by atoms with Gasteiger partial charge in [-0.25, -0.2) is 0 Å². The third-order valence-electron chi connectivity index (χ3n) is 4.17. The molecule has 0 aliphatic heterocycles. The maximum atomic E-state index is 3.74. The van der Waals surface area contributed by atoms with E-state index < -0.39 is 0 Å². The van der Waals surface area contributed by atoms with Crippen molar-refractivity contribution in [2.75, 3.05) is 6.54 Å². The molecule has 2 aromatic rings. The Bertz CT molecular complexity index is 532.